The second-order valence-electron chi connectivity index (χ2n) is 3.43. The summed E-state index contributed by atoms with van der Waals surface area (Å²) < 4.78 is 65.7. The van der Waals surface area contributed by atoms with Crippen LogP contribution in [0.5, 0.6) is 5.75 Å². The summed E-state index contributed by atoms with van der Waals surface area (Å²) in [7, 11) is -9.83. The first-order chi connectivity index (χ1) is 8.70. The van der Waals surface area contributed by atoms with Gasteiger partial charge in [0.15, 0.2) is 0 Å². The van der Waals surface area contributed by atoms with E-state index in [-0.39, 0.29) is 0 Å². The first-order valence-corrected chi connectivity index (χ1v) is 7.42. The van der Waals surface area contributed by atoms with Gasteiger partial charge >= 0.3 is 0 Å². The summed E-state index contributed by atoms with van der Waals surface area (Å²) in [6.07, 6.45) is 0. The Hall–Kier alpha value is -1.37. The number of hydrogen-bond acceptors (Lipinski definition) is 6. The molecule has 20 heavy (non-hydrogen) atoms. The maximum absolute atomic E-state index is 8.63. The molecule has 4 N–H and O–H groups in total. The van der Waals surface area contributed by atoms with E-state index in [1.165, 1.54) is 11.5 Å². The highest BCUT2D eigenvalue weighted by Crippen LogP contribution is 2.16. The molecule has 0 aliphatic carbocycles. The Labute approximate surface area is 117 Å². The molecule has 0 amide bonds. The molecule has 1 aromatic carbocycles. The van der Waals surface area contributed by atoms with Crippen LogP contribution < -0.4 is 0 Å². The summed E-state index contributed by atoms with van der Waals surface area (Å²) in [5, 5.41) is 7.22. The van der Waals surface area contributed by atoms with Gasteiger partial charge in [0.2, 0.25) is 20.8 Å². The van der Waals surface area contributed by atoms with Crippen LogP contribution in [0.3, 0.4) is 0 Å². The van der Waals surface area contributed by atoms with Gasteiger partial charge < -0.3 is 14.2 Å². The number of hydrogen-bond donors (Lipinski definition) is 2. The molecule has 0 aliphatic rings. The lowest BCUT2D eigenvalue weighted by molar-refractivity contribution is 0.363. The van der Waals surface area contributed by atoms with Crippen molar-refractivity contribution in [3.63, 3.8) is 0 Å². The Morgan fingerprint density at radius 3 is 1.40 bits per heavy atom. The van der Waals surface area contributed by atoms with Crippen LogP contribution >= 0.6 is 0 Å². The van der Waals surface area contributed by atoms with Crippen LogP contribution in [0.15, 0.2) is 24.3 Å². The van der Waals surface area contributed by atoms with Crippen LogP contribution in [0.1, 0.15) is 19.4 Å². The molecular formula is C9H14O9S2. The van der Waals surface area contributed by atoms with Gasteiger partial charge in [-0.2, -0.15) is 0 Å². The van der Waals surface area contributed by atoms with Crippen molar-refractivity contribution < 1.29 is 40.2 Å². The van der Waals surface area contributed by atoms with E-state index >= 15 is 0 Å². The topological polar surface area (TPSA) is 178 Å². The lowest BCUT2D eigenvalue weighted by atomic mass is 10.0. The zero-order valence-corrected chi connectivity index (χ0v) is 12.1. The summed E-state index contributed by atoms with van der Waals surface area (Å²) in [6.45, 7) is 4.14. The van der Waals surface area contributed by atoms with Gasteiger partial charge in [-0.25, -0.2) is 16.8 Å². The fourth-order valence-corrected chi connectivity index (χ4v) is 0.804. The Bertz CT molecular complexity index is 526. The molecule has 0 radical (unpaired) electrons. The zero-order chi connectivity index (χ0) is 16.6. The lowest BCUT2D eigenvalue weighted by Crippen LogP contribution is -1.90. The highest BCUT2D eigenvalue weighted by Gasteiger charge is 2.07. The van der Waals surface area contributed by atoms with Gasteiger partial charge in [-0.1, -0.05) is 0 Å². The smallest absolute Gasteiger partial charge is 0.280 e. The second kappa shape index (κ2) is 8.73. The molecule has 11 heteroatoms. The average molecular weight is 330 g/mol. The van der Waals surface area contributed by atoms with Gasteiger partial charge in [0.05, 0.1) is 24.3 Å². The van der Waals surface area contributed by atoms with Gasteiger partial charge in [0.1, 0.15) is 5.56 Å². The van der Waals surface area contributed by atoms with Gasteiger partial charge in [0.25, 0.3) is 5.75 Å². The number of benzene rings is 1. The summed E-state index contributed by atoms with van der Waals surface area (Å²) in [5.41, 5.74) is 1.22. The van der Waals surface area contributed by atoms with Crippen molar-refractivity contribution in [3.8, 4) is 5.75 Å². The Morgan fingerprint density at radius 1 is 0.950 bits per heavy atom. The van der Waals surface area contributed by atoms with Crippen LogP contribution in [0.2, 0.25) is 0 Å². The van der Waals surface area contributed by atoms with E-state index in [2.05, 4.69) is 13.8 Å². The third kappa shape index (κ3) is 25.5. The van der Waals surface area contributed by atoms with E-state index in [1.54, 1.807) is 0 Å². The van der Waals surface area contributed by atoms with E-state index in [0.717, 1.165) is 0 Å². The minimum absolute atomic E-state index is 0.574. The highest BCUT2D eigenvalue weighted by atomic mass is 32.3. The first-order valence-electron chi connectivity index (χ1n) is 4.69. The molecule has 0 bridgehead atoms. The van der Waals surface area contributed by atoms with Crippen LogP contribution in [0.25, 0.3) is 0 Å². The minimum atomic E-state index is -4.92. The predicted molar refractivity (Wildman–Crippen MR) is 67.8 cm³/mol. The molecule has 116 valence electrons. The third-order valence-electron chi connectivity index (χ3n) is 1.46. The molecule has 0 saturated heterocycles. The molecule has 0 unspecified atom stereocenters. The molecule has 0 spiro atoms. The quantitative estimate of drug-likeness (QED) is 0.315. The van der Waals surface area contributed by atoms with E-state index in [0.29, 0.717) is 5.75 Å². The molecule has 9 nitrogen and oxygen atoms in total. The molecule has 0 saturated carbocycles. The maximum Gasteiger partial charge on any atom is 0.280 e. The largest absolute Gasteiger partial charge is 0.726 e. The van der Waals surface area contributed by atoms with Crippen molar-refractivity contribution in [1.29, 1.82) is 0 Å². The highest BCUT2D eigenvalue weighted by molar-refractivity contribution is 7.80. The molecule has 1 aromatic rings. The summed E-state index contributed by atoms with van der Waals surface area (Å²) in [4.78, 5) is 0. The predicted octanol–water partition coefficient (Wildman–Crippen LogP) is 0.0961. The van der Waals surface area contributed by atoms with E-state index in [9.17, 15) is 0 Å². The lowest BCUT2D eigenvalue weighted by Gasteiger charge is -1.92. The van der Waals surface area contributed by atoms with Crippen molar-refractivity contribution >= 4 is 20.8 Å². The molecular weight excluding hydrogens is 316 g/mol. The minimum Gasteiger partial charge on any atom is -0.726 e. The van der Waals surface area contributed by atoms with Gasteiger partial charge in [-0.05, 0) is 0 Å². The van der Waals surface area contributed by atoms with Gasteiger partial charge in [-0.3, -0.25) is 9.11 Å². The van der Waals surface area contributed by atoms with Crippen molar-refractivity contribution in [3.05, 3.63) is 35.7 Å². The molecule has 0 atom stereocenters. The van der Waals surface area contributed by atoms with E-state index in [4.69, 9.17) is 40.2 Å². The molecule has 0 aromatic heterocycles. The molecule has 0 aliphatic heterocycles. The van der Waals surface area contributed by atoms with Crippen molar-refractivity contribution in [2.45, 2.75) is 13.8 Å². The van der Waals surface area contributed by atoms with Crippen molar-refractivity contribution in [2.24, 2.45) is 0 Å². The maximum atomic E-state index is 8.63. The van der Waals surface area contributed by atoms with Crippen LogP contribution in [0, 0.1) is 5.92 Å². The Morgan fingerprint density at radius 2 is 1.20 bits per heavy atom. The van der Waals surface area contributed by atoms with Crippen LogP contribution in [-0.2, 0) is 20.8 Å². The average Bonchev–Trinajstić information content (AvgIpc) is 2.12. The summed E-state index contributed by atoms with van der Waals surface area (Å²) in [6, 6.07) is 7.56. The summed E-state index contributed by atoms with van der Waals surface area (Å²) >= 11 is 0. The first kappa shape index (κ1) is 20.9. The fourth-order valence-electron chi connectivity index (χ4n) is 0.804. The normalized spacial score (nSPS) is 10.5. The second-order valence-corrected chi connectivity index (χ2v) is 5.14. The third-order valence-corrected chi connectivity index (χ3v) is 1.46. The SMILES string of the molecule is C[C+](C)c1ccc([OH2+])cc1.O=S(=O)([O-])O.O=S(=O)([O-])O. The van der Waals surface area contributed by atoms with Crippen LogP contribution in [-0.4, -0.2) is 40.2 Å². The fraction of sp³-hybridized carbons (Fsp3) is 0.222. The molecule has 0 heterocycles. The summed E-state index contributed by atoms with van der Waals surface area (Å²) in [5.74, 6) is 1.87. The Balaban J connectivity index is 0. The number of rotatable bonds is 1. The molecule has 0 fully saturated rings. The van der Waals surface area contributed by atoms with Gasteiger partial charge in [0, 0.05) is 19.8 Å². The van der Waals surface area contributed by atoms with E-state index in [1.807, 2.05) is 24.3 Å². The monoisotopic (exact) mass is 330 g/mol. The van der Waals surface area contributed by atoms with Crippen LogP contribution in [0.4, 0.5) is 0 Å². The van der Waals surface area contributed by atoms with Gasteiger partial charge in [-0.15, -0.1) is 0 Å². The van der Waals surface area contributed by atoms with Crippen molar-refractivity contribution in [1.82, 2.24) is 0 Å². The zero-order valence-electron chi connectivity index (χ0n) is 10.5. The molecule has 1 rings (SSSR count). The standard InChI is InChI=1S/C9H10O.2H2O4S/c1-7(2)8-3-5-9(10)6-4-8;2*1-5(2,3)4/h3-6H,1-2H3;2*(H2,1,2,3,4). The Kier molecular flexibility index (Phi) is 9.14. The van der Waals surface area contributed by atoms with Crippen molar-refractivity contribution in [2.75, 3.05) is 0 Å². The van der Waals surface area contributed by atoms with E-state index < -0.39 is 20.8 Å².